The minimum Gasteiger partial charge on any atom is -0.448 e. The maximum Gasteiger partial charge on any atom is 0.414 e. The highest BCUT2D eigenvalue weighted by molar-refractivity contribution is 6.18. The fraction of sp³-hybridized carbons (Fsp3) is 0.429. The van der Waals surface area contributed by atoms with E-state index in [0.717, 1.165) is 23.9 Å². The molecule has 0 saturated carbocycles. The van der Waals surface area contributed by atoms with Crippen LogP contribution in [0, 0.1) is 0 Å². The Morgan fingerprint density at radius 2 is 2.35 bits per heavy atom. The maximum absolute atomic E-state index is 11.4. The summed E-state index contributed by atoms with van der Waals surface area (Å²) < 4.78 is 4.83. The zero-order valence-electron chi connectivity index (χ0n) is 11.4. The molecule has 5 nitrogen and oxygen atoms in total. The molecule has 1 heterocycles. The first-order valence-corrected chi connectivity index (χ1v) is 7.24. The van der Waals surface area contributed by atoms with E-state index in [2.05, 4.69) is 34.3 Å². The quantitative estimate of drug-likeness (QED) is 0.799. The number of aromatic amines is 1. The van der Waals surface area contributed by atoms with Crippen LogP contribution in [0.4, 0.5) is 10.7 Å². The molecular formula is C14H18ClN3O2. The topological polar surface area (TPSA) is 67.0 Å². The monoisotopic (exact) mass is 295 g/mol. The molecule has 2 aromatic rings. The first-order chi connectivity index (χ1) is 9.72. The molecule has 0 spiro atoms. The van der Waals surface area contributed by atoms with E-state index in [1.807, 2.05) is 6.07 Å². The van der Waals surface area contributed by atoms with Gasteiger partial charge in [-0.05, 0) is 30.5 Å². The van der Waals surface area contributed by atoms with Gasteiger partial charge in [0, 0.05) is 0 Å². The number of fused-ring (bicyclic) bond motifs is 1. The van der Waals surface area contributed by atoms with E-state index < -0.39 is 6.09 Å². The number of benzene rings is 1. The Hall–Kier alpha value is -1.75. The number of aromatic nitrogens is 2. The van der Waals surface area contributed by atoms with Crippen LogP contribution in [0.3, 0.4) is 0 Å². The predicted molar refractivity (Wildman–Crippen MR) is 80.4 cm³/mol. The lowest BCUT2D eigenvalue weighted by molar-refractivity contribution is 0.168. The number of ether oxygens (including phenoxy) is 1. The number of hydrogen-bond acceptors (Lipinski definition) is 3. The summed E-state index contributed by atoms with van der Waals surface area (Å²) >= 11 is 5.44. The molecule has 0 aliphatic carbocycles. The SMILES string of the molecule is CCCCc1ccc2nc(NC(=O)OCCCl)[nH]c2c1. The van der Waals surface area contributed by atoms with Gasteiger partial charge >= 0.3 is 6.09 Å². The molecule has 1 aromatic carbocycles. The van der Waals surface area contributed by atoms with Gasteiger partial charge < -0.3 is 9.72 Å². The van der Waals surface area contributed by atoms with E-state index >= 15 is 0 Å². The van der Waals surface area contributed by atoms with E-state index in [1.54, 1.807) is 0 Å². The number of unbranched alkanes of at least 4 members (excludes halogenated alkanes) is 1. The highest BCUT2D eigenvalue weighted by atomic mass is 35.5. The highest BCUT2D eigenvalue weighted by Gasteiger charge is 2.08. The summed E-state index contributed by atoms with van der Waals surface area (Å²) in [5.74, 6) is 0.654. The van der Waals surface area contributed by atoms with Crippen LogP contribution in [0.2, 0.25) is 0 Å². The fourth-order valence-corrected chi connectivity index (χ4v) is 1.99. The van der Waals surface area contributed by atoms with Gasteiger partial charge in [0.25, 0.3) is 0 Å². The molecule has 0 fully saturated rings. The molecule has 0 saturated heterocycles. The van der Waals surface area contributed by atoms with Gasteiger partial charge in [-0.25, -0.2) is 9.78 Å². The number of alkyl halides is 1. The minimum atomic E-state index is -0.559. The second kappa shape index (κ2) is 7.14. The van der Waals surface area contributed by atoms with Crippen LogP contribution < -0.4 is 5.32 Å². The molecule has 20 heavy (non-hydrogen) atoms. The maximum atomic E-state index is 11.4. The van der Waals surface area contributed by atoms with E-state index in [1.165, 1.54) is 12.0 Å². The highest BCUT2D eigenvalue weighted by Crippen LogP contribution is 2.17. The van der Waals surface area contributed by atoms with Gasteiger partial charge in [0.15, 0.2) is 0 Å². The summed E-state index contributed by atoms with van der Waals surface area (Å²) in [5.41, 5.74) is 2.99. The van der Waals surface area contributed by atoms with Gasteiger partial charge in [-0.1, -0.05) is 19.4 Å². The zero-order chi connectivity index (χ0) is 14.4. The number of carbonyl (C=O) groups excluding carboxylic acids is 1. The van der Waals surface area contributed by atoms with Crippen molar-refractivity contribution in [3.05, 3.63) is 23.8 Å². The van der Waals surface area contributed by atoms with Gasteiger partial charge in [0.05, 0.1) is 16.9 Å². The summed E-state index contributed by atoms with van der Waals surface area (Å²) in [4.78, 5) is 18.7. The Morgan fingerprint density at radius 3 is 3.10 bits per heavy atom. The van der Waals surface area contributed by atoms with Crippen LogP contribution >= 0.6 is 11.6 Å². The van der Waals surface area contributed by atoms with Crippen molar-refractivity contribution < 1.29 is 9.53 Å². The van der Waals surface area contributed by atoms with Gasteiger partial charge in [-0.3, -0.25) is 5.32 Å². The Balaban J connectivity index is 2.06. The number of rotatable bonds is 6. The number of carbonyl (C=O) groups is 1. The van der Waals surface area contributed by atoms with Crippen LogP contribution in [0.5, 0.6) is 0 Å². The lowest BCUT2D eigenvalue weighted by Crippen LogP contribution is -2.15. The van der Waals surface area contributed by atoms with E-state index in [-0.39, 0.29) is 12.5 Å². The van der Waals surface area contributed by atoms with Crippen LogP contribution in [-0.4, -0.2) is 28.5 Å². The summed E-state index contributed by atoms with van der Waals surface area (Å²) in [5, 5.41) is 2.54. The molecule has 0 bridgehead atoms. The molecule has 2 rings (SSSR count). The Labute approximate surface area is 122 Å². The average molecular weight is 296 g/mol. The lowest BCUT2D eigenvalue weighted by atomic mass is 10.1. The van der Waals surface area contributed by atoms with Gasteiger partial charge in [0.1, 0.15) is 6.61 Å². The summed E-state index contributed by atoms with van der Waals surface area (Å²) in [7, 11) is 0. The second-order valence-corrected chi connectivity index (χ2v) is 4.87. The van der Waals surface area contributed by atoms with Crippen molar-refractivity contribution in [3.63, 3.8) is 0 Å². The van der Waals surface area contributed by atoms with Crippen LogP contribution in [-0.2, 0) is 11.2 Å². The van der Waals surface area contributed by atoms with E-state index in [4.69, 9.17) is 16.3 Å². The standard InChI is InChI=1S/C14H18ClN3O2/c1-2-3-4-10-5-6-11-12(9-10)17-13(16-11)18-14(19)20-8-7-15/h5-6,9H,2-4,7-8H2,1H3,(H2,16,17,18,19). The molecule has 1 amide bonds. The van der Waals surface area contributed by atoms with Gasteiger partial charge in [-0.2, -0.15) is 0 Å². The summed E-state index contributed by atoms with van der Waals surface area (Å²) in [6, 6.07) is 6.08. The Morgan fingerprint density at radius 1 is 1.50 bits per heavy atom. The number of nitrogens with zero attached hydrogens (tertiary/aromatic N) is 1. The third kappa shape index (κ3) is 3.87. The van der Waals surface area contributed by atoms with Crippen molar-refractivity contribution in [1.29, 1.82) is 0 Å². The van der Waals surface area contributed by atoms with E-state index in [9.17, 15) is 4.79 Å². The number of aryl methyl sites for hydroxylation is 1. The molecule has 2 N–H and O–H groups in total. The number of hydrogen-bond donors (Lipinski definition) is 2. The molecule has 108 valence electrons. The van der Waals surface area contributed by atoms with Crippen molar-refractivity contribution in [1.82, 2.24) is 9.97 Å². The van der Waals surface area contributed by atoms with Crippen LogP contribution in [0.15, 0.2) is 18.2 Å². The predicted octanol–water partition coefficient (Wildman–Crippen LogP) is 3.69. The molecule has 0 unspecified atom stereocenters. The molecule has 0 aliphatic heterocycles. The largest absolute Gasteiger partial charge is 0.448 e. The van der Waals surface area contributed by atoms with E-state index in [0.29, 0.717) is 5.95 Å². The first kappa shape index (κ1) is 14.7. The van der Waals surface area contributed by atoms with Gasteiger partial charge in [-0.15, -0.1) is 11.6 Å². The summed E-state index contributed by atoms with van der Waals surface area (Å²) in [6.07, 6.45) is 2.82. The third-order valence-corrected chi connectivity index (χ3v) is 3.05. The zero-order valence-corrected chi connectivity index (χ0v) is 12.2. The minimum absolute atomic E-state index is 0.175. The molecule has 0 atom stereocenters. The number of nitrogens with one attached hydrogen (secondary N) is 2. The fourth-order valence-electron chi connectivity index (χ4n) is 1.92. The molecule has 1 aromatic heterocycles. The molecule has 6 heteroatoms. The van der Waals surface area contributed by atoms with Crippen LogP contribution in [0.25, 0.3) is 11.0 Å². The number of anilines is 1. The van der Waals surface area contributed by atoms with Gasteiger partial charge in [0.2, 0.25) is 5.95 Å². The van der Waals surface area contributed by atoms with Crippen molar-refractivity contribution in [2.75, 3.05) is 17.8 Å². The van der Waals surface area contributed by atoms with Crippen molar-refractivity contribution >= 4 is 34.7 Å². The smallest absolute Gasteiger partial charge is 0.414 e. The molecule has 0 radical (unpaired) electrons. The Kier molecular flexibility index (Phi) is 5.24. The average Bonchev–Trinajstić information content (AvgIpc) is 2.84. The lowest BCUT2D eigenvalue weighted by Gasteiger charge is -2.01. The molecular weight excluding hydrogens is 278 g/mol. The van der Waals surface area contributed by atoms with Crippen LogP contribution in [0.1, 0.15) is 25.3 Å². The Bertz CT molecular complexity index is 583. The van der Waals surface area contributed by atoms with Crippen molar-refractivity contribution in [2.45, 2.75) is 26.2 Å². The number of amides is 1. The number of halogens is 1. The number of H-pyrrole nitrogens is 1. The molecule has 0 aliphatic rings. The van der Waals surface area contributed by atoms with Crippen molar-refractivity contribution in [2.24, 2.45) is 0 Å². The second-order valence-electron chi connectivity index (χ2n) is 4.49. The third-order valence-electron chi connectivity index (χ3n) is 2.90. The van der Waals surface area contributed by atoms with Crippen molar-refractivity contribution in [3.8, 4) is 0 Å². The number of imidazole rings is 1. The normalized spacial score (nSPS) is 10.7. The summed E-state index contributed by atoms with van der Waals surface area (Å²) in [6.45, 7) is 2.35. The first-order valence-electron chi connectivity index (χ1n) is 6.71.